The third-order valence-electron chi connectivity index (χ3n) is 5.37. The van der Waals surface area contributed by atoms with Crippen molar-refractivity contribution in [1.82, 2.24) is 5.43 Å². The van der Waals surface area contributed by atoms with Gasteiger partial charge >= 0.3 is 0 Å². The summed E-state index contributed by atoms with van der Waals surface area (Å²) in [6.07, 6.45) is 2.44. The first-order valence-electron chi connectivity index (χ1n) is 12.3. The van der Waals surface area contributed by atoms with Gasteiger partial charge in [-0.2, -0.15) is 5.10 Å². The molecule has 3 aromatic carbocycles. The molecule has 0 saturated carbocycles. The predicted molar refractivity (Wildman–Crippen MR) is 151 cm³/mol. The van der Waals surface area contributed by atoms with Crippen LogP contribution >= 0.6 is 11.6 Å². The number of rotatable bonds is 13. The monoisotopic (exact) mass is 557 g/mol. The Bertz CT molecular complexity index is 1330. The number of carbonyl (C=O) groups excluding carboxylic acids is 1. The molecule has 0 aliphatic heterocycles. The van der Waals surface area contributed by atoms with Gasteiger partial charge in [-0.15, -0.1) is 0 Å². The maximum Gasteiger partial charge on any atom is 0.264 e. The average molecular weight is 558 g/mol. The number of anilines is 1. The van der Waals surface area contributed by atoms with Crippen molar-refractivity contribution in [1.29, 1.82) is 0 Å². The Hall–Kier alpha value is -3.56. The zero-order valence-electron chi connectivity index (χ0n) is 21.6. The summed E-state index contributed by atoms with van der Waals surface area (Å²) in [7, 11) is -4.13. The molecule has 0 unspecified atom stereocenters. The van der Waals surface area contributed by atoms with E-state index in [9.17, 15) is 13.2 Å². The standard InChI is InChI=1S/C28H32ClN3O5S/c1-4-36-27-8-6-5-7-26(27)32(38(34,35)25-15-11-23(29)12-16-25)20-28(33)31-30-19-22-9-13-24(14-10-22)37-18-17-21(2)3/h5-16,19,21H,4,17-18,20H2,1-3H3,(H,31,33)/b30-19-. The summed E-state index contributed by atoms with van der Waals surface area (Å²) in [5.41, 5.74) is 3.39. The van der Waals surface area contributed by atoms with Gasteiger partial charge in [-0.25, -0.2) is 13.8 Å². The predicted octanol–water partition coefficient (Wildman–Crippen LogP) is 5.51. The maximum atomic E-state index is 13.6. The molecule has 0 bridgehead atoms. The number of nitrogens with zero attached hydrogens (tertiary/aromatic N) is 2. The summed E-state index contributed by atoms with van der Waals surface area (Å²) < 4.78 is 39.5. The van der Waals surface area contributed by atoms with Crippen molar-refractivity contribution in [2.75, 3.05) is 24.1 Å². The summed E-state index contributed by atoms with van der Waals surface area (Å²) in [5, 5.41) is 4.39. The van der Waals surface area contributed by atoms with E-state index in [2.05, 4.69) is 24.4 Å². The number of hydrogen-bond acceptors (Lipinski definition) is 6. The molecule has 0 spiro atoms. The van der Waals surface area contributed by atoms with E-state index in [1.54, 1.807) is 31.2 Å². The summed E-state index contributed by atoms with van der Waals surface area (Å²) in [6, 6.07) is 19.7. The van der Waals surface area contributed by atoms with Crippen molar-refractivity contribution in [2.24, 2.45) is 11.0 Å². The van der Waals surface area contributed by atoms with Crippen molar-refractivity contribution in [3.63, 3.8) is 0 Å². The number of benzene rings is 3. The Kier molecular flexibility index (Phi) is 10.6. The lowest BCUT2D eigenvalue weighted by molar-refractivity contribution is -0.119. The highest BCUT2D eigenvalue weighted by atomic mass is 35.5. The van der Waals surface area contributed by atoms with Gasteiger partial charge < -0.3 is 9.47 Å². The van der Waals surface area contributed by atoms with Crippen LogP contribution in [0, 0.1) is 5.92 Å². The van der Waals surface area contributed by atoms with Gasteiger partial charge in [0.25, 0.3) is 15.9 Å². The second-order valence-electron chi connectivity index (χ2n) is 8.76. The molecule has 0 aromatic heterocycles. The Morgan fingerprint density at radius 3 is 2.37 bits per heavy atom. The van der Waals surface area contributed by atoms with E-state index in [0.29, 0.717) is 29.9 Å². The molecule has 0 aliphatic carbocycles. The number of para-hydroxylation sites is 2. The van der Waals surface area contributed by atoms with E-state index < -0.39 is 22.5 Å². The summed E-state index contributed by atoms with van der Waals surface area (Å²) in [4.78, 5) is 12.8. The molecule has 10 heteroatoms. The van der Waals surface area contributed by atoms with Crippen molar-refractivity contribution >= 4 is 39.4 Å². The van der Waals surface area contributed by atoms with E-state index in [4.69, 9.17) is 21.1 Å². The first-order valence-corrected chi connectivity index (χ1v) is 14.1. The minimum absolute atomic E-state index is 0.0137. The largest absolute Gasteiger partial charge is 0.494 e. The lowest BCUT2D eigenvalue weighted by Crippen LogP contribution is -2.39. The van der Waals surface area contributed by atoms with Crippen LogP contribution in [0.3, 0.4) is 0 Å². The molecule has 3 aromatic rings. The van der Waals surface area contributed by atoms with E-state index >= 15 is 0 Å². The number of nitrogens with one attached hydrogen (secondary N) is 1. The number of carbonyl (C=O) groups is 1. The SMILES string of the molecule is CCOc1ccccc1N(CC(=O)N/N=C\c1ccc(OCCC(C)C)cc1)S(=O)(=O)c1ccc(Cl)cc1. The molecule has 38 heavy (non-hydrogen) atoms. The van der Waals surface area contributed by atoms with Crippen molar-refractivity contribution in [3.8, 4) is 11.5 Å². The van der Waals surface area contributed by atoms with Crippen LogP contribution in [0.1, 0.15) is 32.8 Å². The van der Waals surface area contributed by atoms with Gasteiger partial charge in [0.15, 0.2) is 0 Å². The average Bonchev–Trinajstić information content (AvgIpc) is 2.89. The quantitative estimate of drug-likeness (QED) is 0.221. The Labute approximate surface area is 229 Å². The highest BCUT2D eigenvalue weighted by Gasteiger charge is 2.29. The molecular weight excluding hydrogens is 526 g/mol. The molecule has 8 nitrogen and oxygen atoms in total. The van der Waals surface area contributed by atoms with Crippen LogP contribution in [0.4, 0.5) is 5.69 Å². The molecule has 1 amide bonds. The summed E-state index contributed by atoms with van der Waals surface area (Å²) >= 11 is 5.94. The Balaban J connectivity index is 1.75. The van der Waals surface area contributed by atoms with Gasteiger partial charge in [-0.05, 0) is 85.5 Å². The van der Waals surface area contributed by atoms with Crippen LogP contribution in [0.15, 0.2) is 82.8 Å². The molecule has 0 radical (unpaired) electrons. The molecule has 0 heterocycles. The fraction of sp³-hybridized carbons (Fsp3) is 0.286. The third-order valence-corrected chi connectivity index (χ3v) is 7.40. The first-order chi connectivity index (χ1) is 18.2. The second-order valence-corrected chi connectivity index (χ2v) is 11.1. The lowest BCUT2D eigenvalue weighted by atomic mass is 10.1. The van der Waals surface area contributed by atoms with Crippen molar-refractivity contribution in [2.45, 2.75) is 32.1 Å². The molecule has 202 valence electrons. The topological polar surface area (TPSA) is 97.3 Å². The fourth-order valence-electron chi connectivity index (χ4n) is 3.38. The minimum atomic E-state index is -4.13. The van der Waals surface area contributed by atoms with Crippen LogP contribution in [0.5, 0.6) is 11.5 Å². The summed E-state index contributed by atoms with van der Waals surface area (Å²) in [5.74, 6) is 1.02. The fourth-order valence-corrected chi connectivity index (χ4v) is 4.94. The van der Waals surface area contributed by atoms with E-state index in [-0.39, 0.29) is 10.6 Å². The zero-order chi connectivity index (χ0) is 27.5. The first kappa shape index (κ1) is 29.0. The smallest absolute Gasteiger partial charge is 0.264 e. The van der Waals surface area contributed by atoms with Crippen LogP contribution in [-0.2, 0) is 14.8 Å². The Morgan fingerprint density at radius 1 is 1.03 bits per heavy atom. The third kappa shape index (κ3) is 8.22. The van der Waals surface area contributed by atoms with E-state index in [1.807, 2.05) is 24.3 Å². The van der Waals surface area contributed by atoms with Gasteiger partial charge in [0, 0.05) is 5.02 Å². The van der Waals surface area contributed by atoms with Crippen LogP contribution < -0.4 is 19.2 Å². The molecule has 0 fully saturated rings. The minimum Gasteiger partial charge on any atom is -0.494 e. The molecule has 3 rings (SSSR count). The van der Waals surface area contributed by atoms with Crippen molar-refractivity contribution in [3.05, 3.63) is 83.4 Å². The number of amides is 1. The highest BCUT2D eigenvalue weighted by molar-refractivity contribution is 7.92. The lowest BCUT2D eigenvalue weighted by Gasteiger charge is -2.25. The van der Waals surface area contributed by atoms with Crippen LogP contribution in [0.2, 0.25) is 5.02 Å². The normalized spacial score (nSPS) is 11.5. The zero-order valence-corrected chi connectivity index (χ0v) is 23.2. The van der Waals surface area contributed by atoms with Crippen molar-refractivity contribution < 1.29 is 22.7 Å². The van der Waals surface area contributed by atoms with E-state index in [1.165, 1.54) is 30.5 Å². The molecule has 0 aliphatic rings. The van der Waals surface area contributed by atoms with Crippen LogP contribution in [0.25, 0.3) is 0 Å². The molecule has 1 N–H and O–H groups in total. The molecule has 0 atom stereocenters. The second kappa shape index (κ2) is 13.8. The molecule has 0 saturated heterocycles. The van der Waals surface area contributed by atoms with Crippen LogP contribution in [-0.4, -0.2) is 40.3 Å². The maximum absolute atomic E-state index is 13.6. The Morgan fingerprint density at radius 2 is 1.71 bits per heavy atom. The van der Waals surface area contributed by atoms with Gasteiger partial charge in [0.05, 0.1) is 30.0 Å². The highest BCUT2D eigenvalue weighted by Crippen LogP contribution is 2.32. The number of ether oxygens (including phenoxy) is 2. The van der Waals surface area contributed by atoms with Gasteiger partial charge in [0.2, 0.25) is 0 Å². The number of halogens is 1. The number of sulfonamides is 1. The van der Waals surface area contributed by atoms with Gasteiger partial charge in [0.1, 0.15) is 18.0 Å². The van der Waals surface area contributed by atoms with E-state index in [0.717, 1.165) is 22.0 Å². The number of hydrazone groups is 1. The van der Waals surface area contributed by atoms with Gasteiger partial charge in [-0.3, -0.25) is 9.10 Å². The summed E-state index contributed by atoms with van der Waals surface area (Å²) in [6.45, 7) is 6.52. The van der Waals surface area contributed by atoms with Gasteiger partial charge in [-0.1, -0.05) is 37.6 Å². The molecular formula is C28H32ClN3O5S. The number of hydrogen-bond donors (Lipinski definition) is 1.